The summed E-state index contributed by atoms with van der Waals surface area (Å²) in [5.41, 5.74) is 6.39. The van der Waals surface area contributed by atoms with E-state index in [1.165, 1.54) is 0 Å². The van der Waals surface area contributed by atoms with Gasteiger partial charge in [-0.2, -0.15) is 0 Å². The molecule has 3 rings (SSSR count). The summed E-state index contributed by atoms with van der Waals surface area (Å²) in [5.74, 6) is 0.352. The largest absolute Gasteiger partial charge is 0.481 e. The van der Waals surface area contributed by atoms with E-state index in [9.17, 15) is 9.59 Å². The number of aromatic nitrogens is 2. The molecule has 7 nitrogen and oxygen atoms in total. The number of carbonyl (C=O) groups is 2. The fourth-order valence-corrected chi connectivity index (χ4v) is 3.02. The number of amides is 1. The summed E-state index contributed by atoms with van der Waals surface area (Å²) < 4.78 is 4.96. The second-order valence-corrected chi connectivity index (χ2v) is 5.58. The first kappa shape index (κ1) is 14.4. The topological polar surface area (TPSA) is 118 Å². The Labute approximate surface area is 126 Å². The molecule has 0 unspecified atom stereocenters. The van der Waals surface area contributed by atoms with Gasteiger partial charge in [-0.15, -0.1) is 0 Å². The number of carboxylic acid groups (broad SMARTS) is 1. The van der Waals surface area contributed by atoms with Crippen LogP contribution in [0, 0.1) is 5.92 Å². The lowest BCUT2D eigenvalue weighted by molar-refractivity contribution is -0.142. The van der Waals surface area contributed by atoms with Crippen LogP contribution < -0.4 is 10.5 Å². The highest BCUT2D eigenvalue weighted by atomic mass is 16.5. The minimum Gasteiger partial charge on any atom is -0.481 e. The van der Waals surface area contributed by atoms with E-state index in [1.54, 1.807) is 12.1 Å². The Bertz CT molecular complexity index is 717. The molecule has 0 aliphatic heterocycles. The van der Waals surface area contributed by atoms with Crippen LogP contribution >= 0.6 is 0 Å². The number of benzene rings is 1. The molecule has 0 radical (unpaired) electrons. The first-order valence-electron chi connectivity index (χ1n) is 7.23. The van der Waals surface area contributed by atoms with Crippen LogP contribution in [0.25, 0.3) is 11.0 Å². The number of rotatable bonds is 3. The molecule has 1 aromatic carbocycles. The minimum absolute atomic E-state index is 0.199. The lowest BCUT2D eigenvalue weighted by Crippen LogP contribution is -2.21. The smallest absolute Gasteiger partial charge is 0.410 e. The second-order valence-electron chi connectivity index (χ2n) is 5.58. The van der Waals surface area contributed by atoms with Gasteiger partial charge in [0.2, 0.25) is 0 Å². The van der Waals surface area contributed by atoms with Crippen LogP contribution in [0.15, 0.2) is 18.2 Å². The lowest BCUT2D eigenvalue weighted by atomic mass is 9.82. The molecule has 2 aromatic rings. The SMILES string of the molecule is NC(=O)Oc1cccc2[nH]c(C3CCC(C(=O)O)CC3)nc12. The Morgan fingerprint density at radius 1 is 1.27 bits per heavy atom. The molecule has 1 heterocycles. The average molecular weight is 303 g/mol. The minimum atomic E-state index is -0.876. The zero-order valence-corrected chi connectivity index (χ0v) is 11.9. The number of primary amides is 1. The van der Waals surface area contributed by atoms with Gasteiger partial charge in [-0.3, -0.25) is 4.79 Å². The highest BCUT2D eigenvalue weighted by molar-refractivity contribution is 5.84. The quantitative estimate of drug-likeness (QED) is 0.804. The van der Waals surface area contributed by atoms with Crippen LogP contribution in [0.5, 0.6) is 5.75 Å². The van der Waals surface area contributed by atoms with Crippen molar-refractivity contribution in [2.45, 2.75) is 31.6 Å². The molecule has 1 saturated carbocycles. The Balaban J connectivity index is 1.84. The summed E-state index contributed by atoms with van der Waals surface area (Å²) in [6.45, 7) is 0. The van der Waals surface area contributed by atoms with Crippen molar-refractivity contribution in [1.29, 1.82) is 0 Å². The molecule has 1 fully saturated rings. The van der Waals surface area contributed by atoms with Gasteiger partial charge >= 0.3 is 12.1 Å². The standard InChI is InChI=1S/C15H17N3O4/c16-15(21)22-11-3-1-2-10-12(11)18-13(17-10)8-4-6-9(7-5-8)14(19)20/h1-3,8-9H,4-7H2,(H2,16,21)(H,17,18)(H,19,20). The highest BCUT2D eigenvalue weighted by Gasteiger charge is 2.28. The summed E-state index contributed by atoms with van der Waals surface area (Å²) in [6, 6.07) is 5.24. The number of carboxylic acids is 1. The molecule has 1 aromatic heterocycles. The summed E-state index contributed by atoms with van der Waals surface area (Å²) in [4.78, 5) is 29.7. The Morgan fingerprint density at radius 2 is 2.00 bits per heavy atom. The fraction of sp³-hybridized carbons (Fsp3) is 0.400. The molecule has 116 valence electrons. The van der Waals surface area contributed by atoms with Crippen molar-refractivity contribution in [3.8, 4) is 5.75 Å². The van der Waals surface area contributed by atoms with Gasteiger partial charge in [0, 0.05) is 5.92 Å². The van der Waals surface area contributed by atoms with Crippen molar-refractivity contribution >= 4 is 23.1 Å². The first-order chi connectivity index (χ1) is 10.5. The zero-order valence-electron chi connectivity index (χ0n) is 11.9. The Morgan fingerprint density at radius 3 is 2.64 bits per heavy atom. The number of nitrogens with one attached hydrogen (secondary N) is 1. The van der Waals surface area contributed by atoms with Crippen molar-refractivity contribution in [2.24, 2.45) is 11.7 Å². The van der Waals surface area contributed by atoms with E-state index in [0.717, 1.165) is 24.2 Å². The third kappa shape index (κ3) is 2.74. The molecule has 22 heavy (non-hydrogen) atoms. The van der Waals surface area contributed by atoms with Crippen molar-refractivity contribution < 1.29 is 19.4 Å². The molecule has 1 aliphatic carbocycles. The summed E-state index contributed by atoms with van der Waals surface area (Å²) >= 11 is 0. The Kier molecular flexibility index (Phi) is 3.70. The number of para-hydroxylation sites is 1. The van der Waals surface area contributed by atoms with Gasteiger partial charge in [-0.05, 0) is 37.8 Å². The number of H-pyrrole nitrogens is 1. The van der Waals surface area contributed by atoms with E-state index >= 15 is 0 Å². The second kappa shape index (κ2) is 5.67. The van der Waals surface area contributed by atoms with Crippen molar-refractivity contribution in [3.05, 3.63) is 24.0 Å². The van der Waals surface area contributed by atoms with E-state index in [4.69, 9.17) is 15.6 Å². The number of aliphatic carboxylic acids is 1. The van der Waals surface area contributed by atoms with Gasteiger partial charge in [0.15, 0.2) is 5.75 Å². The third-order valence-electron chi connectivity index (χ3n) is 4.17. The maximum absolute atomic E-state index is 11.0. The van der Waals surface area contributed by atoms with Crippen LogP contribution in [-0.4, -0.2) is 27.1 Å². The van der Waals surface area contributed by atoms with E-state index in [0.29, 0.717) is 24.1 Å². The summed E-state index contributed by atoms with van der Waals surface area (Å²) in [6.07, 6.45) is 1.99. The number of aromatic amines is 1. The van der Waals surface area contributed by atoms with Gasteiger partial charge in [0.1, 0.15) is 11.3 Å². The van der Waals surface area contributed by atoms with E-state index in [1.807, 2.05) is 6.07 Å². The average Bonchev–Trinajstić information content (AvgIpc) is 2.92. The number of nitrogens with two attached hydrogens (primary N) is 1. The van der Waals surface area contributed by atoms with Crippen molar-refractivity contribution in [2.75, 3.05) is 0 Å². The van der Waals surface area contributed by atoms with E-state index in [-0.39, 0.29) is 11.8 Å². The van der Waals surface area contributed by atoms with Crippen LogP contribution in [0.2, 0.25) is 0 Å². The number of hydrogen-bond donors (Lipinski definition) is 3. The maximum atomic E-state index is 11.0. The predicted octanol–water partition coefficient (Wildman–Crippen LogP) is 2.38. The molecule has 7 heteroatoms. The van der Waals surface area contributed by atoms with Crippen LogP contribution in [0.4, 0.5) is 4.79 Å². The Hall–Kier alpha value is -2.57. The van der Waals surface area contributed by atoms with Crippen LogP contribution in [0.1, 0.15) is 37.4 Å². The summed E-state index contributed by atoms with van der Waals surface area (Å²) in [7, 11) is 0. The maximum Gasteiger partial charge on any atom is 0.410 e. The molecule has 0 atom stereocenters. The van der Waals surface area contributed by atoms with Gasteiger partial charge in [-0.1, -0.05) is 6.07 Å². The van der Waals surface area contributed by atoms with Crippen LogP contribution in [0.3, 0.4) is 0 Å². The molecule has 0 spiro atoms. The monoisotopic (exact) mass is 303 g/mol. The van der Waals surface area contributed by atoms with Gasteiger partial charge in [0.25, 0.3) is 0 Å². The number of ether oxygens (including phenoxy) is 1. The van der Waals surface area contributed by atoms with Crippen molar-refractivity contribution in [3.63, 3.8) is 0 Å². The summed E-state index contributed by atoms with van der Waals surface area (Å²) in [5, 5.41) is 9.05. The molecule has 0 saturated heterocycles. The van der Waals surface area contributed by atoms with Crippen LogP contribution in [-0.2, 0) is 4.79 Å². The number of hydrogen-bond acceptors (Lipinski definition) is 4. The predicted molar refractivity (Wildman–Crippen MR) is 78.6 cm³/mol. The van der Waals surface area contributed by atoms with Gasteiger partial charge < -0.3 is 20.6 Å². The first-order valence-corrected chi connectivity index (χ1v) is 7.23. The number of imidazole rings is 1. The van der Waals surface area contributed by atoms with Gasteiger partial charge in [0.05, 0.1) is 11.4 Å². The number of nitrogens with zero attached hydrogens (tertiary/aromatic N) is 1. The highest BCUT2D eigenvalue weighted by Crippen LogP contribution is 2.36. The fourth-order valence-electron chi connectivity index (χ4n) is 3.02. The number of fused-ring (bicyclic) bond motifs is 1. The van der Waals surface area contributed by atoms with E-state index in [2.05, 4.69) is 9.97 Å². The molecular weight excluding hydrogens is 286 g/mol. The molecule has 4 N–H and O–H groups in total. The van der Waals surface area contributed by atoms with Crippen molar-refractivity contribution in [1.82, 2.24) is 9.97 Å². The van der Waals surface area contributed by atoms with Gasteiger partial charge in [-0.25, -0.2) is 9.78 Å². The molecule has 0 bridgehead atoms. The normalized spacial score (nSPS) is 21.6. The van der Waals surface area contributed by atoms with E-state index < -0.39 is 12.1 Å². The number of carbonyl (C=O) groups excluding carboxylic acids is 1. The molecule has 1 aliphatic rings. The third-order valence-corrected chi connectivity index (χ3v) is 4.17. The molecule has 1 amide bonds. The lowest BCUT2D eigenvalue weighted by Gasteiger charge is -2.24. The molecular formula is C15H17N3O4. The zero-order chi connectivity index (χ0) is 15.7.